The Morgan fingerprint density at radius 2 is 2.17 bits per heavy atom. The molecule has 1 aromatic carbocycles. The first-order valence-electron chi connectivity index (χ1n) is 6.90. The standard InChI is InChI=1S/C15H20BrNO/c16-12-5-3-4-11(10-12)14-13-6-1-2-7-15(13,18)8-9-17-14/h3-5,10,13-14,17-18H,1-2,6-9H2/t13-,14+,15-/m0/s1. The normalized spacial score (nSPS) is 36.1. The van der Waals surface area contributed by atoms with Gasteiger partial charge in [0.2, 0.25) is 0 Å². The van der Waals surface area contributed by atoms with Crippen molar-refractivity contribution in [2.24, 2.45) is 5.92 Å². The zero-order chi connectivity index (χ0) is 12.6. The van der Waals surface area contributed by atoms with E-state index in [9.17, 15) is 5.11 Å². The van der Waals surface area contributed by atoms with Gasteiger partial charge in [0.25, 0.3) is 0 Å². The molecule has 3 rings (SSSR count). The van der Waals surface area contributed by atoms with Crippen molar-refractivity contribution in [2.45, 2.75) is 43.7 Å². The predicted molar refractivity (Wildman–Crippen MR) is 76.4 cm³/mol. The highest BCUT2D eigenvalue weighted by molar-refractivity contribution is 9.10. The maximum Gasteiger partial charge on any atom is 0.0706 e. The minimum absolute atomic E-state index is 0.307. The van der Waals surface area contributed by atoms with Crippen LogP contribution in [-0.4, -0.2) is 17.3 Å². The number of fused-ring (bicyclic) bond motifs is 1. The SMILES string of the molecule is O[C@]12CCCC[C@H]1[C@@H](c1cccc(Br)c1)NCC2. The van der Waals surface area contributed by atoms with Crippen molar-refractivity contribution in [3.8, 4) is 0 Å². The highest BCUT2D eigenvalue weighted by Crippen LogP contribution is 2.45. The molecule has 0 bridgehead atoms. The molecule has 1 saturated heterocycles. The Kier molecular flexibility index (Phi) is 3.48. The van der Waals surface area contributed by atoms with Crippen LogP contribution in [0.25, 0.3) is 0 Å². The molecule has 0 amide bonds. The lowest BCUT2D eigenvalue weighted by Gasteiger charge is -2.48. The second kappa shape index (κ2) is 4.95. The van der Waals surface area contributed by atoms with Gasteiger partial charge in [-0.15, -0.1) is 0 Å². The molecule has 1 aliphatic heterocycles. The average molecular weight is 310 g/mol. The average Bonchev–Trinajstić information content (AvgIpc) is 2.37. The molecule has 2 nitrogen and oxygen atoms in total. The van der Waals surface area contributed by atoms with E-state index in [0.29, 0.717) is 12.0 Å². The van der Waals surface area contributed by atoms with Gasteiger partial charge in [0, 0.05) is 16.4 Å². The van der Waals surface area contributed by atoms with Crippen molar-refractivity contribution in [2.75, 3.05) is 6.54 Å². The van der Waals surface area contributed by atoms with E-state index in [0.717, 1.165) is 30.3 Å². The third kappa shape index (κ3) is 2.24. The van der Waals surface area contributed by atoms with E-state index in [2.05, 4.69) is 45.5 Å². The summed E-state index contributed by atoms with van der Waals surface area (Å²) in [6, 6.07) is 8.79. The van der Waals surface area contributed by atoms with Gasteiger partial charge in [0.15, 0.2) is 0 Å². The number of hydrogen-bond acceptors (Lipinski definition) is 2. The molecule has 1 aliphatic carbocycles. The van der Waals surface area contributed by atoms with Gasteiger partial charge in [-0.3, -0.25) is 0 Å². The van der Waals surface area contributed by atoms with Crippen molar-refractivity contribution in [3.05, 3.63) is 34.3 Å². The second-order valence-electron chi connectivity index (χ2n) is 5.69. The Bertz CT molecular complexity index is 432. The first kappa shape index (κ1) is 12.6. The molecule has 2 fully saturated rings. The number of rotatable bonds is 1. The molecule has 2 aliphatic rings. The molecule has 0 spiro atoms. The molecule has 1 saturated carbocycles. The molecule has 3 heteroatoms. The van der Waals surface area contributed by atoms with Crippen LogP contribution >= 0.6 is 15.9 Å². The van der Waals surface area contributed by atoms with Crippen LogP contribution in [0.4, 0.5) is 0 Å². The van der Waals surface area contributed by atoms with E-state index in [1.807, 2.05) is 0 Å². The number of nitrogens with one attached hydrogen (secondary N) is 1. The van der Waals surface area contributed by atoms with Crippen LogP contribution in [-0.2, 0) is 0 Å². The van der Waals surface area contributed by atoms with Crippen LogP contribution in [0.3, 0.4) is 0 Å². The maximum atomic E-state index is 10.8. The van der Waals surface area contributed by atoms with Gasteiger partial charge in [-0.1, -0.05) is 40.9 Å². The van der Waals surface area contributed by atoms with E-state index in [1.54, 1.807) is 0 Å². The summed E-state index contributed by atoms with van der Waals surface area (Å²) in [6.45, 7) is 0.921. The van der Waals surface area contributed by atoms with Crippen LogP contribution < -0.4 is 5.32 Å². The van der Waals surface area contributed by atoms with Gasteiger partial charge in [0.05, 0.1) is 5.60 Å². The number of halogens is 1. The fourth-order valence-electron chi connectivity index (χ4n) is 3.67. The third-order valence-electron chi connectivity index (χ3n) is 4.60. The fourth-order valence-corrected chi connectivity index (χ4v) is 4.09. The lowest BCUT2D eigenvalue weighted by atomic mass is 9.67. The van der Waals surface area contributed by atoms with Gasteiger partial charge in [-0.2, -0.15) is 0 Å². The summed E-state index contributed by atoms with van der Waals surface area (Å²) in [7, 11) is 0. The molecule has 0 aromatic heterocycles. The van der Waals surface area contributed by atoms with E-state index in [-0.39, 0.29) is 0 Å². The zero-order valence-electron chi connectivity index (χ0n) is 10.5. The monoisotopic (exact) mass is 309 g/mol. The molecule has 98 valence electrons. The Morgan fingerprint density at radius 3 is 3.00 bits per heavy atom. The Morgan fingerprint density at radius 1 is 1.28 bits per heavy atom. The van der Waals surface area contributed by atoms with Crippen LogP contribution in [0, 0.1) is 5.92 Å². The van der Waals surface area contributed by atoms with Crippen molar-refractivity contribution >= 4 is 15.9 Å². The molecule has 1 heterocycles. The summed E-state index contributed by atoms with van der Waals surface area (Å²) in [5, 5.41) is 14.4. The summed E-state index contributed by atoms with van der Waals surface area (Å²) in [4.78, 5) is 0. The summed E-state index contributed by atoms with van der Waals surface area (Å²) in [5.74, 6) is 0.370. The predicted octanol–water partition coefficient (Wildman–Crippen LogP) is 3.40. The second-order valence-corrected chi connectivity index (χ2v) is 6.61. The van der Waals surface area contributed by atoms with Gasteiger partial charge in [-0.05, 0) is 43.5 Å². The number of hydrogen-bond donors (Lipinski definition) is 2. The van der Waals surface area contributed by atoms with Crippen LogP contribution in [0.2, 0.25) is 0 Å². The van der Waals surface area contributed by atoms with Gasteiger partial charge >= 0.3 is 0 Å². The first-order chi connectivity index (χ1) is 8.69. The molecule has 18 heavy (non-hydrogen) atoms. The Balaban J connectivity index is 1.91. The number of benzene rings is 1. The summed E-state index contributed by atoms with van der Waals surface area (Å²) >= 11 is 3.54. The Hall–Kier alpha value is -0.380. The molecular formula is C15H20BrNO. The quantitative estimate of drug-likeness (QED) is 0.833. The topological polar surface area (TPSA) is 32.3 Å². The number of piperidine rings is 1. The molecule has 3 atom stereocenters. The van der Waals surface area contributed by atoms with Crippen molar-refractivity contribution in [1.82, 2.24) is 5.32 Å². The fraction of sp³-hybridized carbons (Fsp3) is 0.600. The maximum absolute atomic E-state index is 10.8. The molecule has 0 unspecified atom stereocenters. The van der Waals surface area contributed by atoms with Crippen molar-refractivity contribution in [3.63, 3.8) is 0 Å². The number of aliphatic hydroxyl groups is 1. The molecule has 2 N–H and O–H groups in total. The summed E-state index contributed by atoms with van der Waals surface area (Å²) < 4.78 is 1.12. The van der Waals surface area contributed by atoms with Gasteiger partial charge in [0.1, 0.15) is 0 Å². The molecular weight excluding hydrogens is 290 g/mol. The summed E-state index contributed by atoms with van der Waals surface area (Å²) in [5.41, 5.74) is 0.866. The minimum atomic E-state index is -0.434. The van der Waals surface area contributed by atoms with Gasteiger partial charge < -0.3 is 10.4 Å². The Labute approximate surface area is 117 Å². The summed E-state index contributed by atoms with van der Waals surface area (Å²) in [6.07, 6.45) is 5.45. The smallest absolute Gasteiger partial charge is 0.0706 e. The highest BCUT2D eigenvalue weighted by atomic mass is 79.9. The molecule has 0 radical (unpaired) electrons. The lowest BCUT2D eigenvalue weighted by molar-refractivity contribution is -0.0861. The lowest BCUT2D eigenvalue weighted by Crippen LogP contribution is -2.53. The van der Waals surface area contributed by atoms with E-state index < -0.39 is 5.60 Å². The van der Waals surface area contributed by atoms with Crippen molar-refractivity contribution < 1.29 is 5.11 Å². The minimum Gasteiger partial charge on any atom is -0.389 e. The van der Waals surface area contributed by atoms with E-state index >= 15 is 0 Å². The highest BCUT2D eigenvalue weighted by Gasteiger charge is 2.45. The first-order valence-corrected chi connectivity index (χ1v) is 7.70. The van der Waals surface area contributed by atoms with E-state index in [1.165, 1.54) is 18.4 Å². The van der Waals surface area contributed by atoms with Crippen LogP contribution in [0.5, 0.6) is 0 Å². The van der Waals surface area contributed by atoms with Crippen LogP contribution in [0.15, 0.2) is 28.7 Å². The largest absolute Gasteiger partial charge is 0.389 e. The zero-order valence-corrected chi connectivity index (χ0v) is 12.1. The van der Waals surface area contributed by atoms with Gasteiger partial charge in [-0.25, -0.2) is 0 Å². The van der Waals surface area contributed by atoms with Crippen molar-refractivity contribution in [1.29, 1.82) is 0 Å². The van der Waals surface area contributed by atoms with E-state index in [4.69, 9.17) is 0 Å². The van der Waals surface area contributed by atoms with Crippen LogP contribution in [0.1, 0.15) is 43.7 Å². The third-order valence-corrected chi connectivity index (χ3v) is 5.09. The molecule has 1 aromatic rings.